The lowest BCUT2D eigenvalue weighted by Crippen LogP contribution is -2.58. The molecule has 0 aromatic heterocycles. The molecule has 3 aliphatic rings. The van der Waals surface area contributed by atoms with Crippen LogP contribution in [0.15, 0.2) is 0 Å². The van der Waals surface area contributed by atoms with Crippen LogP contribution in [0.5, 0.6) is 0 Å². The van der Waals surface area contributed by atoms with Crippen molar-refractivity contribution < 1.29 is 9.47 Å². The molecular formula is C15H28N2O2. The SMILES string of the molecule is CNC1CCC2(CC1N(C)C1CCCC1)OCCO2. The molecule has 0 amide bonds. The molecule has 110 valence electrons. The van der Waals surface area contributed by atoms with Crippen LogP contribution in [-0.2, 0) is 9.47 Å². The van der Waals surface area contributed by atoms with E-state index in [9.17, 15) is 0 Å². The molecule has 4 heteroatoms. The largest absolute Gasteiger partial charge is 0.347 e. The minimum absolute atomic E-state index is 0.273. The monoisotopic (exact) mass is 268 g/mol. The summed E-state index contributed by atoms with van der Waals surface area (Å²) in [6, 6.07) is 1.88. The van der Waals surface area contributed by atoms with Gasteiger partial charge in [0.1, 0.15) is 0 Å². The number of likely N-dealkylation sites (N-methyl/N-ethyl adjacent to an activating group) is 2. The highest BCUT2D eigenvalue weighted by Crippen LogP contribution is 2.39. The maximum Gasteiger partial charge on any atom is 0.170 e. The lowest BCUT2D eigenvalue weighted by molar-refractivity contribution is -0.193. The standard InChI is InChI=1S/C15H28N2O2/c1-16-13-7-8-15(18-9-10-19-15)11-14(13)17(2)12-5-3-4-6-12/h12-14,16H,3-11H2,1-2H3. The molecule has 1 heterocycles. The fourth-order valence-electron chi connectivity index (χ4n) is 4.24. The van der Waals surface area contributed by atoms with Gasteiger partial charge < -0.3 is 14.8 Å². The Balaban J connectivity index is 1.70. The van der Waals surface area contributed by atoms with Crippen LogP contribution < -0.4 is 5.32 Å². The highest BCUT2D eigenvalue weighted by Gasteiger charge is 2.46. The second-order valence-corrected chi connectivity index (χ2v) is 6.42. The molecule has 0 aromatic carbocycles. The van der Waals surface area contributed by atoms with E-state index in [1.165, 1.54) is 25.7 Å². The first-order valence-corrected chi connectivity index (χ1v) is 7.91. The fraction of sp³-hybridized carbons (Fsp3) is 1.00. The summed E-state index contributed by atoms with van der Waals surface area (Å²) < 4.78 is 11.9. The maximum absolute atomic E-state index is 5.94. The number of hydrogen-bond donors (Lipinski definition) is 1. The Labute approximate surface area is 116 Å². The van der Waals surface area contributed by atoms with Gasteiger partial charge in [0.2, 0.25) is 0 Å². The summed E-state index contributed by atoms with van der Waals surface area (Å²) in [5.41, 5.74) is 0. The predicted octanol–water partition coefficient (Wildman–Crippen LogP) is 1.74. The number of rotatable bonds is 3. The summed E-state index contributed by atoms with van der Waals surface area (Å²) in [6.45, 7) is 1.54. The summed E-state index contributed by atoms with van der Waals surface area (Å²) in [7, 11) is 4.40. The third kappa shape index (κ3) is 2.68. The zero-order valence-electron chi connectivity index (χ0n) is 12.4. The van der Waals surface area contributed by atoms with Crippen LogP contribution in [0.2, 0.25) is 0 Å². The minimum atomic E-state index is -0.273. The summed E-state index contributed by atoms with van der Waals surface area (Å²) in [6.07, 6.45) is 8.71. The Morgan fingerprint density at radius 2 is 1.79 bits per heavy atom. The van der Waals surface area contributed by atoms with Gasteiger partial charge in [-0.25, -0.2) is 0 Å². The molecule has 3 rings (SSSR count). The van der Waals surface area contributed by atoms with E-state index < -0.39 is 0 Å². The van der Waals surface area contributed by atoms with Gasteiger partial charge >= 0.3 is 0 Å². The van der Waals surface area contributed by atoms with Crippen LogP contribution >= 0.6 is 0 Å². The molecule has 1 aliphatic heterocycles. The van der Waals surface area contributed by atoms with Crippen LogP contribution in [0, 0.1) is 0 Å². The van der Waals surface area contributed by atoms with Gasteiger partial charge in [0.25, 0.3) is 0 Å². The number of nitrogens with one attached hydrogen (secondary N) is 1. The van der Waals surface area contributed by atoms with Gasteiger partial charge in [-0.2, -0.15) is 0 Å². The van der Waals surface area contributed by atoms with Crippen LogP contribution in [0.1, 0.15) is 44.9 Å². The second-order valence-electron chi connectivity index (χ2n) is 6.42. The zero-order valence-corrected chi connectivity index (χ0v) is 12.4. The van der Waals surface area contributed by atoms with E-state index in [1.807, 2.05) is 0 Å². The molecule has 3 fully saturated rings. The number of ether oxygens (including phenoxy) is 2. The van der Waals surface area contributed by atoms with E-state index in [0.717, 1.165) is 38.5 Å². The van der Waals surface area contributed by atoms with Crippen molar-refractivity contribution in [1.82, 2.24) is 10.2 Å². The molecule has 0 radical (unpaired) electrons. The molecule has 2 atom stereocenters. The number of nitrogens with zero attached hydrogens (tertiary/aromatic N) is 1. The zero-order chi connectivity index (χ0) is 13.3. The van der Waals surface area contributed by atoms with Crippen molar-refractivity contribution in [3.05, 3.63) is 0 Å². The van der Waals surface area contributed by atoms with Crippen molar-refractivity contribution in [2.75, 3.05) is 27.3 Å². The van der Waals surface area contributed by atoms with Gasteiger partial charge in [-0.1, -0.05) is 12.8 Å². The molecule has 2 saturated carbocycles. The van der Waals surface area contributed by atoms with Crippen molar-refractivity contribution in [2.45, 2.75) is 68.9 Å². The number of hydrogen-bond acceptors (Lipinski definition) is 4. The normalized spacial score (nSPS) is 35.5. The van der Waals surface area contributed by atoms with Crippen molar-refractivity contribution in [3.63, 3.8) is 0 Å². The van der Waals surface area contributed by atoms with E-state index >= 15 is 0 Å². The smallest absolute Gasteiger partial charge is 0.170 e. The van der Waals surface area contributed by atoms with E-state index in [1.54, 1.807) is 0 Å². The van der Waals surface area contributed by atoms with E-state index in [-0.39, 0.29) is 5.79 Å². The first kappa shape index (κ1) is 13.8. The maximum atomic E-state index is 5.94. The first-order valence-electron chi connectivity index (χ1n) is 7.91. The van der Waals surface area contributed by atoms with Gasteiger partial charge in [0.15, 0.2) is 5.79 Å². The molecule has 2 unspecified atom stereocenters. The molecule has 19 heavy (non-hydrogen) atoms. The van der Waals surface area contributed by atoms with Crippen molar-refractivity contribution >= 4 is 0 Å². The lowest BCUT2D eigenvalue weighted by Gasteiger charge is -2.46. The Kier molecular flexibility index (Phi) is 4.13. The van der Waals surface area contributed by atoms with Crippen LogP contribution in [0.25, 0.3) is 0 Å². The van der Waals surface area contributed by atoms with E-state index in [0.29, 0.717) is 12.1 Å². The van der Waals surface area contributed by atoms with Gasteiger partial charge in [0.05, 0.1) is 13.2 Å². The van der Waals surface area contributed by atoms with Crippen LogP contribution in [0.3, 0.4) is 0 Å². The fourth-order valence-corrected chi connectivity index (χ4v) is 4.24. The molecule has 1 spiro atoms. The highest BCUT2D eigenvalue weighted by molar-refractivity contribution is 4.97. The molecule has 1 saturated heterocycles. The molecule has 1 N–H and O–H groups in total. The molecule has 0 bridgehead atoms. The van der Waals surface area contributed by atoms with Gasteiger partial charge in [-0.05, 0) is 33.4 Å². The van der Waals surface area contributed by atoms with Crippen LogP contribution in [-0.4, -0.2) is 56.1 Å². The average Bonchev–Trinajstić information content (AvgIpc) is 3.10. The topological polar surface area (TPSA) is 33.7 Å². The molecule has 4 nitrogen and oxygen atoms in total. The van der Waals surface area contributed by atoms with Crippen molar-refractivity contribution in [1.29, 1.82) is 0 Å². The third-order valence-electron chi connectivity index (χ3n) is 5.43. The lowest BCUT2D eigenvalue weighted by atomic mass is 9.84. The van der Waals surface area contributed by atoms with E-state index in [4.69, 9.17) is 9.47 Å². The summed E-state index contributed by atoms with van der Waals surface area (Å²) in [5, 5.41) is 3.51. The van der Waals surface area contributed by atoms with Gasteiger partial charge in [0, 0.05) is 31.0 Å². The Hall–Kier alpha value is -0.160. The third-order valence-corrected chi connectivity index (χ3v) is 5.43. The Morgan fingerprint density at radius 3 is 2.42 bits per heavy atom. The van der Waals surface area contributed by atoms with Crippen LogP contribution in [0.4, 0.5) is 0 Å². The van der Waals surface area contributed by atoms with E-state index in [2.05, 4.69) is 24.3 Å². The summed E-state index contributed by atoms with van der Waals surface area (Å²) >= 11 is 0. The quantitative estimate of drug-likeness (QED) is 0.845. The Morgan fingerprint density at radius 1 is 1.11 bits per heavy atom. The summed E-state index contributed by atoms with van der Waals surface area (Å²) in [5.74, 6) is -0.273. The van der Waals surface area contributed by atoms with Gasteiger partial charge in [-0.3, -0.25) is 4.90 Å². The van der Waals surface area contributed by atoms with Gasteiger partial charge in [-0.15, -0.1) is 0 Å². The van der Waals surface area contributed by atoms with Crippen molar-refractivity contribution in [3.8, 4) is 0 Å². The second kappa shape index (κ2) is 5.68. The molecular weight excluding hydrogens is 240 g/mol. The molecule has 2 aliphatic carbocycles. The Bertz CT molecular complexity index is 299. The first-order chi connectivity index (χ1) is 9.24. The summed E-state index contributed by atoms with van der Waals surface area (Å²) in [4.78, 5) is 2.61. The predicted molar refractivity (Wildman–Crippen MR) is 75.1 cm³/mol. The van der Waals surface area contributed by atoms with Crippen molar-refractivity contribution in [2.24, 2.45) is 0 Å². The average molecular weight is 268 g/mol. The highest BCUT2D eigenvalue weighted by atomic mass is 16.7. The minimum Gasteiger partial charge on any atom is -0.347 e. The molecule has 0 aromatic rings.